The molecule has 3 heterocycles. The number of halogens is 1. The second-order valence-corrected chi connectivity index (χ2v) is 13.9. The van der Waals surface area contributed by atoms with Crippen LogP contribution in [0.2, 0.25) is 0 Å². The van der Waals surface area contributed by atoms with Gasteiger partial charge in [0, 0.05) is 37.9 Å². The summed E-state index contributed by atoms with van der Waals surface area (Å²) in [4.78, 5) is 5.43. The molecule has 0 unspecified atom stereocenters. The Balaban J connectivity index is 1.25. The van der Waals surface area contributed by atoms with Gasteiger partial charge in [-0.15, -0.1) is 0 Å². The summed E-state index contributed by atoms with van der Waals surface area (Å²) in [5.41, 5.74) is 7.34. The number of hydrogen-bond donors (Lipinski definition) is 0. The quantitative estimate of drug-likeness (QED) is 0.166. The third kappa shape index (κ3) is 3.80. The van der Waals surface area contributed by atoms with Crippen LogP contribution < -0.4 is 0 Å². The van der Waals surface area contributed by atoms with Gasteiger partial charge in [-0.1, -0.05) is 115 Å². The van der Waals surface area contributed by atoms with Gasteiger partial charge in [0.25, 0.3) is 0 Å². The van der Waals surface area contributed by atoms with Crippen molar-refractivity contribution in [1.29, 1.82) is 0 Å². The Kier molecular flexibility index (Phi) is 5.64. The van der Waals surface area contributed by atoms with Crippen LogP contribution in [0.1, 0.15) is 0 Å². The molecule has 0 aliphatic heterocycles. The zero-order chi connectivity index (χ0) is 32.2. The average Bonchev–Trinajstić information content (AvgIpc) is 3.70. The van der Waals surface area contributed by atoms with Crippen molar-refractivity contribution >= 4 is 110 Å². The summed E-state index contributed by atoms with van der Waals surface area (Å²) in [6, 6.07) is 54.4. The second-order valence-electron chi connectivity index (χ2n) is 12.8. The van der Waals surface area contributed by atoms with Gasteiger partial charge in [-0.2, -0.15) is 0 Å². The molecule has 49 heavy (non-hydrogen) atoms. The molecule has 11 aromatic rings. The third-order valence-corrected chi connectivity index (χ3v) is 11.2. The Morgan fingerprint density at radius 3 is 1.73 bits per heavy atom. The first-order valence-corrected chi connectivity index (χ1v) is 17.6. The smallest absolute Gasteiger partial charge is 0.152 e. The highest BCUT2D eigenvalue weighted by atomic mass is 127. The zero-order valence-electron chi connectivity index (χ0n) is 26.1. The van der Waals surface area contributed by atoms with Crippen LogP contribution in [0.25, 0.3) is 104 Å². The molecule has 11 rings (SSSR count). The van der Waals surface area contributed by atoms with Gasteiger partial charge in [0.1, 0.15) is 11.2 Å². The van der Waals surface area contributed by atoms with Gasteiger partial charge in [-0.25, -0.2) is 4.98 Å². The summed E-state index contributed by atoms with van der Waals surface area (Å²) >= 11 is 2.53. The summed E-state index contributed by atoms with van der Waals surface area (Å²) in [6.07, 6.45) is 0. The average molecular weight is 737 g/mol. The van der Waals surface area contributed by atoms with E-state index < -0.39 is 0 Å². The van der Waals surface area contributed by atoms with Crippen molar-refractivity contribution in [3.05, 3.63) is 155 Å². The van der Waals surface area contributed by atoms with Gasteiger partial charge in [-0.05, 0) is 91.5 Å². The monoisotopic (exact) mass is 736 g/mol. The molecular formula is C45H25IN2O. The van der Waals surface area contributed by atoms with Crippen LogP contribution in [0.4, 0.5) is 0 Å². The van der Waals surface area contributed by atoms with E-state index in [0.29, 0.717) is 0 Å². The maximum Gasteiger partial charge on any atom is 0.152 e. The molecule has 8 aromatic carbocycles. The Bertz CT molecular complexity index is 3090. The molecule has 0 amide bonds. The van der Waals surface area contributed by atoms with Crippen LogP contribution in [0, 0.1) is 3.57 Å². The number of nitrogens with zero attached hydrogens (tertiary/aromatic N) is 2. The van der Waals surface area contributed by atoms with Crippen LogP contribution in [-0.4, -0.2) is 9.55 Å². The highest BCUT2D eigenvalue weighted by Gasteiger charge is 2.23. The van der Waals surface area contributed by atoms with E-state index in [-0.39, 0.29) is 0 Å². The molecular weight excluding hydrogens is 711 g/mol. The number of rotatable bonds is 2. The summed E-state index contributed by atoms with van der Waals surface area (Å²) in [5.74, 6) is 0.926. The molecule has 0 saturated carbocycles. The van der Waals surface area contributed by atoms with E-state index in [2.05, 4.69) is 179 Å². The molecule has 0 atom stereocenters. The fourth-order valence-electron chi connectivity index (χ4n) is 8.04. The number of fused-ring (bicyclic) bond motifs is 13. The Labute approximate surface area is 294 Å². The fourth-order valence-corrected chi connectivity index (χ4v) is 9.01. The van der Waals surface area contributed by atoms with Gasteiger partial charge in [0.05, 0.1) is 20.1 Å². The zero-order valence-corrected chi connectivity index (χ0v) is 28.3. The van der Waals surface area contributed by atoms with Gasteiger partial charge >= 0.3 is 0 Å². The van der Waals surface area contributed by atoms with Crippen LogP contribution >= 0.6 is 22.6 Å². The lowest BCUT2D eigenvalue weighted by molar-refractivity contribution is 0.673. The normalized spacial score (nSPS) is 12.2. The highest BCUT2D eigenvalue weighted by molar-refractivity contribution is 14.1. The third-order valence-electron chi connectivity index (χ3n) is 10.2. The predicted octanol–water partition coefficient (Wildman–Crippen LogP) is 13.0. The van der Waals surface area contributed by atoms with Gasteiger partial charge in [0.2, 0.25) is 0 Å². The van der Waals surface area contributed by atoms with Gasteiger partial charge < -0.3 is 4.42 Å². The van der Waals surface area contributed by atoms with Crippen molar-refractivity contribution in [1.82, 2.24) is 9.55 Å². The van der Waals surface area contributed by atoms with E-state index in [4.69, 9.17) is 9.40 Å². The second kappa shape index (κ2) is 10.1. The molecule has 4 heteroatoms. The number of hydrogen-bond acceptors (Lipinski definition) is 2. The molecule has 3 aromatic heterocycles. The summed E-state index contributed by atoms with van der Waals surface area (Å²) < 4.78 is 10.1. The first kappa shape index (κ1) is 27.3. The maximum atomic E-state index is 6.66. The Hall–Kier alpha value is -5.72. The summed E-state index contributed by atoms with van der Waals surface area (Å²) in [5, 5.41) is 13.2. The molecule has 0 N–H and O–H groups in total. The minimum absolute atomic E-state index is 0.886. The Morgan fingerprint density at radius 2 is 1.04 bits per heavy atom. The SMILES string of the molecule is Ic1c(-n2c3ccc4ccccc4c3c3c4ccccc4ccc32)nc2ccccc2c1-c1ccc2c(c1)oc1c3ccccc3ccc21. The van der Waals surface area contributed by atoms with Crippen LogP contribution in [0.5, 0.6) is 0 Å². The largest absolute Gasteiger partial charge is 0.455 e. The van der Waals surface area contributed by atoms with E-state index in [1.165, 1.54) is 37.7 Å². The molecule has 0 saturated heterocycles. The minimum Gasteiger partial charge on any atom is -0.455 e. The lowest BCUT2D eigenvalue weighted by Crippen LogP contribution is -2.03. The van der Waals surface area contributed by atoms with Crippen molar-refractivity contribution in [2.24, 2.45) is 0 Å². The van der Waals surface area contributed by atoms with Gasteiger partial charge in [0.15, 0.2) is 5.82 Å². The predicted molar refractivity (Wildman–Crippen MR) is 214 cm³/mol. The van der Waals surface area contributed by atoms with Crippen LogP contribution in [0.15, 0.2) is 156 Å². The van der Waals surface area contributed by atoms with Crippen LogP contribution in [-0.2, 0) is 0 Å². The molecule has 0 aliphatic carbocycles. The molecule has 0 fully saturated rings. The van der Waals surface area contributed by atoms with Crippen molar-refractivity contribution in [2.45, 2.75) is 0 Å². The number of benzene rings is 8. The standard InChI is InChI=1S/C45H25IN2O/c46-43-40(29-18-21-33-34-22-17-28-11-3-6-14-32(28)44(34)49-39(33)25-29)35-15-7-8-16-36(35)47-45(43)48-37-23-19-26-9-1-4-12-30(26)41(37)42-31-13-5-2-10-27(31)20-24-38(42)48/h1-25H. The number of para-hydroxylation sites is 1. The highest BCUT2D eigenvalue weighted by Crippen LogP contribution is 2.44. The molecule has 0 bridgehead atoms. The number of furan rings is 1. The van der Waals surface area contributed by atoms with Crippen molar-refractivity contribution in [3.8, 4) is 16.9 Å². The van der Waals surface area contributed by atoms with Crippen molar-refractivity contribution in [3.63, 3.8) is 0 Å². The lowest BCUT2D eigenvalue weighted by atomic mass is 9.99. The van der Waals surface area contributed by atoms with E-state index in [1.807, 2.05) is 0 Å². The lowest BCUT2D eigenvalue weighted by Gasteiger charge is -2.16. The molecule has 0 spiro atoms. The fraction of sp³-hybridized carbons (Fsp3) is 0. The van der Waals surface area contributed by atoms with E-state index in [0.717, 1.165) is 69.8 Å². The number of aromatic nitrogens is 2. The number of pyridine rings is 1. The molecule has 3 nitrogen and oxygen atoms in total. The molecule has 0 radical (unpaired) electrons. The summed E-state index contributed by atoms with van der Waals surface area (Å²) in [7, 11) is 0. The topological polar surface area (TPSA) is 31.0 Å². The van der Waals surface area contributed by atoms with E-state index >= 15 is 0 Å². The minimum atomic E-state index is 0.886. The first-order valence-electron chi connectivity index (χ1n) is 16.5. The maximum absolute atomic E-state index is 6.66. The van der Waals surface area contributed by atoms with E-state index in [9.17, 15) is 0 Å². The van der Waals surface area contributed by atoms with Crippen molar-refractivity contribution < 1.29 is 4.42 Å². The summed E-state index contributed by atoms with van der Waals surface area (Å²) in [6.45, 7) is 0. The Morgan fingerprint density at radius 1 is 0.490 bits per heavy atom. The molecule has 0 aliphatic rings. The van der Waals surface area contributed by atoms with Crippen molar-refractivity contribution in [2.75, 3.05) is 0 Å². The molecule has 228 valence electrons. The van der Waals surface area contributed by atoms with Gasteiger partial charge in [-0.3, -0.25) is 4.57 Å². The van der Waals surface area contributed by atoms with E-state index in [1.54, 1.807) is 0 Å². The van der Waals surface area contributed by atoms with Crippen LogP contribution in [0.3, 0.4) is 0 Å². The first-order chi connectivity index (χ1) is 24.2.